The Morgan fingerprint density at radius 1 is 1.00 bits per heavy atom. The predicted octanol–water partition coefficient (Wildman–Crippen LogP) is 3.47. The van der Waals surface area contributed by atoms with Crippen LogP contribution in [0.4, 0.5) is 18.9 Å². The second kappa shape index (κ2) is 10.7. The van der Waals surface area contributed by atoms with Crippen molar-refractivity contribution in [2.24, 2.45) is 0 Å². The number of aliphatic carboxylic acids is 1. The van der Waals surface area contributed by atoms with E-state index in [0.29, 0.717) is 63.5 Å². The molecule has 0 aliphatic carbocycles. The number of halogens is 3. The highest BCUT2D eigenvalue weighted by Crippen LogP contribution is 2.33. The van der Waals surface area contributed by atoms with E-state index in [4.69, 9.17) is 5.11 Å². The molecule has 1 N–H and O–H groups in total. The maximum atomic E-state index is 13.0. The fraction of sp³-hybridized carbons (Fsp3) is 0.417. The van der Waals surface area contributed by atoms with Crippen molar-refractivity contribution in [3.8, 4) is 0 Å². The second-order valence-electron chi connectivity index (χ2n) is 8.67. The summed E-state index contributed by atoms with van der Waals surface area (Å²) >= 11 is 1.40. The number of carboxylic acid groups (broad SMARTS) is 1. The van der Waals surface area contributed by atoms with Gasteiger partial charge in [-0.25, -0.2) is 9.78 Å². The molecule has 2 aromatic rings. The molecule has 0 radical (unpaired) electrons. The molecule has 0 saturated carbocycles. The van der Waals surface area contributed by atoms with Gasteiger partial charge in [0, 0.05) is 68.4 Å². The number of carboxylic acids is 1. The Kier molecular flexibility index (Phi) is 7.62. The zero-order chi connectivity index (χ0) is 25.9. The van der Waals surface area contributed by atoms with E-state index >= 15 is 0 Å². The van der Waals surface area contributed by atoms with Crippen LogP contribution in [0.2, 0.25) is 0 Å². The molecule has 2 saturated heterocycles. The summed E-state index contributed by atoms with van der Waals surface area (Å²) in [7, 11) is 0. The van der Waals surface area contributed by atoms with Crippen molar-refractivity contribution in [2.45, 2.75) is 24.9 Å². The van der Waals surface area contributed by atoms with E-state index in [-0.39, 0.29) is 17.7 Å². The molecular weight excluding hydrogens is 497 g/mol. The minimum absolute atomic E-state index is 0.113. The smallest absolute Gasteiger partial charge is 0.416 e. The van der Waals surface area contributed by atoms with Crippen LogP contribution in [0.5, 0.6) is 0 Å². The molecule has 0 unspecified atom stereocenters. The molecule has 0 atom stereocenters. The van der Waals surface area contributed by atoms with E-state index in [1.54, 1.807) is 21.2 Å². The molecule has 2 aliphatic rings. The van der Waals surface area contributed by atoms with Crippen molar-refractivity contribution in [3.05, 3.63) is 58.1 Å². The Labute approximate surface area is 209 Å². The number of likely N-dealkylation sites (tertiary alicyclic amines) is 1. The zero-order valence-corrected chi connectivity index (χ0v) is 20.1. The average Bonchev–Trinajstić information content (AvgIpc) is 3.37. The maximum absolute atomic E-state index is 13.0. The van der Waals surface area contributed by atoms with Gasteiger partial charge in [-0.1, -0.05) is 6.07 Å². The first kappa shape index (κ1) is 25.7. The average molecular weight is 523 g/mol. The van der Waals surface area contributed by atoms with Crippen molar-refractivity contribution < 1.29 is 32.7 Å². The molecule has 0 bridgehead atoms. The van der Waals surface area contributed by atoms with Gasteiger partial charge in [-0.05, 0) is 31.0 Å². The fourth-order valence-corrected chi connectivity index (χ4v) is 5.34. The number of nitrogens with zero attached hydrogens (tertiary/aromatic N) is 4. The molecule has 192 valence electrons. The summed E-state index contributed by atoms with van der Waals surface area (Å²) in [5.74, 6) is -1.60. The number of amides is 2. The summed E-state index contributed by atoms with van der Waals surface area (Å²) < 4.78 is 39.1. The first-order chi connectivity index (χ1) is 17.1. The normalized spacial score (nSPS) is 17.6. The molecule has 0 spiro atoms. The van der Waals surface area contributed by atoms with Crippen LogP contribution >= 0.6 is 11.3 Å². The Bertz CT molecular complexity index is 1150. The summed E-state index contributed by atoms with van der Waals surface area (Å²) in [5.41, 5.74) is 0.141. The highest BCUT2D eigenvalue weighted by molar-refractivity contribution is 7.09. The number of piperazine rings is 1. The van der Waals surface area contributed by atoms with Crippen LogP contribution in [-0.2, 0) is 15.8 Å². The van der Waals surface area contributed by atoms with Crippen molar-refractivity contribution in [1.29, 1.82) is 0 Å². The predicted molar refractivity (Wildman–Crippen MR) is 127 cm³/mol. The molecule has 2 amide bonds. The fourth-order valence-electron chi connectivity index (χ4n) is 4.38. The number of piperidine rings is 1. The van der Waals surface area contributed by atoms with Crippen LogP contribution in [0, 0.1) is 0 Å². The first-order valence-electron chi connectivity index (χ1n) is 11.5. The minimum atomic E-state index is -4.40. The number of benzene rings is 1. The Morgan fingerprint density at radius 3 is 2.33 bits per heavy atom. The van der Waals surface area contributed by atoms with Crippen LogP contribution in [0.15, 0.2) is 41.8 Å². The molecule has 8 nitrogen and oxygen atoms in total. The molecule has 1 aromatic heterocycles. The van der Waals surface area contributed by atoms with E-state index < -0.39 is 17.7 Å². The van der Waals surface area contributed by atoms with Gasteiger partial charge in [0.25, 0.3) is 5.91 Å². The number of thiazole rings is 1. The molecule has 4 rings (SSSR count). The monoisotopic (exact) mass is 522 g/mol. The highest BCUT2D eigenvalue weighted by Gasteiger charge is 2.32. The van der Waals surface area contributed by atoms with Crippen LogP contribution in [-0.4, -0.2) is 76.9 Å². The van der Waals surface area contributed by atoms with Gasteiger partial charge in [-0.3, -0.25) is 9.59 Å². The van der Waals surface area contributed by atoms with Gasteiger partial charge in [0.05, 0.1) is 10.6 Å². The number of hydrogen-bond acceptors (Lipinski definition) is 6. The largest absolute Gasteiger partial charge is 0.478 e. The zero-order valence-electron chi connectivity index (χ0n) is 19.3. The van der Waals surface area contributed by atoms with Gasteiger partial charge in [-0.15, -0.1) is 11.3 Å². The van der Waals surface area contributed by atoms with Crippen molar-refractivity contribution in [2.75, 3.05) is 44.2 Å². The van der Waals surface area contributed by atoms with Gasteiger partial charge < -0.3 is 19.8 Å². The number of carbonyl (C=O) groups excluding carboxylic acids is 2. The number of alkyl halides is 3. The minimum Gasteiger partial charge on any atom is -0.478 e. The van der Waals surface area contributed by atoms with E-state index in [1.165, 1.54) is 17.4 Å². The van der Waals surface area contributed by atoms with Gasteiger partial charge in [-0.2, -0.15) is 13.2 Å². The third-order valence-corrected chi connectivity index (χ3v) is 7.38. The highest BCUT2D eigenvalue weighted by atomic mass is 32.1. The van der Waals surface area contributed by atoms with Crippen molar-refractivity contribution >= 4 is 34.8 Å². The van der Waals surface area contributed by atoms with Crippen LogP contribution in [0.25, 0.3) is 0 Å². The summed E-state index contributed by atoms with van der Waals surface area (Å²) in [6.45, 7) is 2.57. The van der Waals surface area contributed by atoms with Crippen molar-refractivity contribution in [1.82, 2.24) is 14.8 Å². The number of carbonyl (C=O) groups is 3. The van der Waals surface area contributed by atoms with Crippen LogP contribution in [0.3, 0.4) is 0 Å². The van der Waals surface area contributed by atoms with Gasteiger partial charge in [0.1, 0.15) is 5.69 Å². The van der Waals surface area contributed by atoms with Crippen molar-refractivity contribution in [3.63, 3.8) is 0 Å². The lowest BCUT2D eigenvalue weighted by Crippen LogP contribution is -2.49. The van der Waals surface area contributed by atoms with Gasteiger partial charge in [0.2, 0.25) is 5.91 Å². The lowest BCUT2D eigenvalue weighted by atomic mass is 9.97. The molecular formula is C24H25F3N4O4S. The second-order valence-corrected chi connectivity index (χ2v) is 9.56. The van der Waals surface area contributed by atoms with E-state index in [1.807, 2.05) is 4.90 Å². The lowest BCUT2D eigenvalue weighted by molar-refractivity contribution is -0.137. The first-order valence-corrected chi connectivity index (χ1v) is 12.4. The molecule has 36 heavy (non-hydrogen) atoms. The van der Waals surface area contributed by atoms with E-state index in [9.17, 15) is 27.6 Å². The molecule has 3 heterocycles. The van der Waals surface area contributed by atoms with Crippen LogP contribution in [0.1, 0.15) is 39.8 Å². The molecule has 2 aliphatic heterocycles. The maximum Gasteiger partial charge on any atom is 0.416 e. The van der Waals surface area contributed by atoms with Gasteiger partial charge >= 0.3 is 12.1 Å². The Morgan fingerprint density at radius 2 is 1.69 bits per heavy atom. The molecule has 1 aromatic carbocycles. The third-order valence-electron chi connectivity index (χ3n) is 6.37. The molecule has 12 heteroatoms. The number of anilines is 1. The number of aromatic nitrogens is 1. The number of rotatable bonds is 5. The van der Waals surface area contributed by atoms with E-state index in [2.05, 4.69) is 4.98 Å². The summed E-state index contributed by atoms with van der Waals surface area (Å²) in [5, 5.41) is 11.2. The SMILES string of the molecule is O=C(O)C=CC(=O)N1CCC(c2nc(C(=O)N3CCN(c4cccc(C(F)(F)F)c4)CC3)cs2)CC1. The van der Waals surface area contributed by atoms with Gasteiger partial charge in [0.15, 0.2) is 0 Å². The summed E-state index contributed by atoms with van der Waals surface area (Å²) in [6, 6.07) is 5.20. The summed E-state index contributed by atoms with van der Waals surface area (Å²) in [4.78, 5) is 45.3. The quantitative estimate of drug-likeness (QED) is 0.605. The third kappa shape index (κ3) is 6.04. The Hall–Kier alpha value is -3.41. The van der Waals surface area contributed by atoms with E-state index in [0.717, 1.165) is 29.3 Å². The summed E-state index contributed by atoms with van der Waals surface area (Å²) in [6.07, 6.45) is -1.19. The van der Waals surface area contributed by atoms with Crippen LogP contribution < -0.4 is 4.90 Å². The lowest BCUT2D eigenvalue weighted by Gasteiger charge is -2.36. The standard InChI is InChI=1S/C24H25F3N4O4S/c25-24(26,27)17-2-1-3-18(14-17)29-10-12-31(13-11-29)23(35)19-15-36-22(28-19)16-6-8-30(9-7-16)20(32)4-5-21(33)34/h1-5,14-16H,6-13H2,(H,33,34). The number of hydrogen-bond donors (Lipinski definition) is 1. The molecule has 2 fully saturated rings. The Balaban J connectivity index is 1.30. The topological polar surface area (TPSA) is 94.0 Å².